The van der Waals surface area contributed by atoms with Gasteiger partial charge in [0.2, 0.25) is 11.7 Å². The molecule has 1 heterocycles. The van der Waals surface area contributed by atoms with E-state index in [1.807, 2.05) is 30.3 Å². The van der Waals surface area contributed by atoms with Crippen LogP contribution in [0.3, 0.4) is 0 Å². The van der Waals surface area contributed by atoms with E-state index in [1.54, 1.807) is 0 Å². The number of aromatic nitrogens is 3. The van der Waals surface area contributed by atoms with Crippen molar-refractivity contribution in [2.75, 3.05) is 5.75 Å². The number of rotatable bonds is 7. The summed E-state index contributed by atoms with van der Waals surface area (Å²) in [5.41, 5.74) is 0.998. The molecule has 0 spiro atoms. The summed E-state index contributed by atoms with van der Waals surface area (Å²) in [7, 11) is 1.23. The van der Waals surface area contributed by atoms with Gasteiger partial charge in [-0.05, 0) is 17.9 Å². The number of alkyl halides is 3. The topological polar surface area (TPSA) is 59.8 Å². The fourth-order valence-corrected chi connectivity index (χ4v) is 3.21. The van der Waals surface area contributed by atoms with Gasteiger partial charge in [-0.1, -0.05) is 55.9 Å². The van der Waals surface area contributed by atoms with Crippen LogP contribution in [0, 0.1) is 5.92 Å². The minimum Gasteiger partial charge on any atom is -0.349 e. The van der Waals surface area contributed by atoms with E-state index in [1.165, 1.54) is 7.05 Å². The average Bonchev–Trinajstić information content (AvgIpc) is 2.94. The summed E-state index contributed by atoms with van der Waals surface area (Å²) in [6, 6.07) is 9.45. The van der Waals surface area contributed by atoms with Crippen LogP contribution in [-0.4, -0.2) is 26.4 Å². The quantitative estimate of drug-likeness (QED) is 0.735. The Bertz CT molecular complexity index is 731. The van der Waals surface area contributed by atoms with Crippen molar-refractivity contribution in [3.63, 3.8) is 0 Å². The zero-order chi connectivity index (χ0) is 19.3. The molecular weight excluding hydrogens is 365 g/mol. The van der Waals surface area contributed by atoms with E-state index in [-0.39, 0.29) is 22.9 Å². The number of nitrogens with zero attached hydrogens (tertiary/aromatic N) is 3. The third-order valence-electron chi connectivity index (χ3n) is 3.67. The number of carbonyl (C=O) groups excluding carboxylic acids is 1. The summed E-state index contributed by atoms with van der Waals surface area (Å²) in [4.78, 5) is 12.3. The van der Waals surface area contributed by atoms with Gasteiger partial charge >= 0.3 is 6.18 Å². The number of nitrogens with one attached hydrogen (secondary N) is 1. The van der Waals surface area contributed by atoms with Crippen LogP contribution in [0.2, 0.25) is 0 Å². The number of carbonyl (C=O) groups is 1. The lowest BCUT2D eigenvalue weighted by Gasteiger charge is -2.21. The van der Waals surface area contributed by atoms with Crippen molar-refractivity contribution in [1.82, 2.24) is 20.1 Å². The highest BCUT2D eigenvalue weighted by molar-refractivity contribution is 7.99. The molecule has 1 aromatic heterocycles. The fraction of sp³-hybridized carbons (Fsp3) is 0.471. The standard InChI is InChI=1S/C17H21F3N4OS/c1-11(2)9-13(12-7-5-4-6-8-12)21-14(25)10-26-16-23-22-15(24(16)3)17(18,19)20/h4-8,11,13H,9-10H2,1-3H3,(H,21,25)/t13-/m0/s1. The van der Waals surface area contributed by atoms with E-state index >= 15 is 0 Å². The largest absolute Gasteiger partial charge is 0.451 e. The van der Waals surface area contributed by atoms with Crippen LogP contribution in [0.4, 0.5) is 13.2 Å². The van der Waals surface area contributed by atoms with Crippen molar-refractivity contribution in [3.8, 4) is 0 Å². The molecule has 0 saturated heterocycles. The Kier molecular flexibility index (Phi) is 6.69. The second-order valence-electron chi connectivity index (χ2n) is 6.31. The first-order chi connectivity index (χ1) is 12.2. The molecule has 26 heavy (non-hydrogen) atoms. The van der Waals surface area contributed by atoms with Crippen molar-refractivity contribution < 1.29 is 18.0 Å². The van der Waals surface area contributed by atoms with Gasteiger partial charge in [0.1, 0.15) is 0 Å². The predicted octanol–water partition coefficient (Wildman–Crippen LogP) is 3.83. The maximum Gasteiger partial charge on any atom is 0.451 e. The monoisotopic (exact) mass is 386 g/mol. The van der Waals surface area contributed by atoms with Crippen LogP contribution >= 0.6 is 11.8 Å². The van der Waals surface area contributed by atoms with Gasteiger partial charge < -0.3 is 9.88 Å². The van der Waals surface area contributed by atoms with Crippen molar-refractivity contribution in [1.29, 1.82) is 0 Å². The molecule has 0 aliphatic carbocycles. The van der Waals surface area contributed by atoms with E-state index in [4.69, 9.17) is 0 Å². The fourth-order valence-electron chi connectivity index (χ4n) is 2.49. The van der Waals surface area contributed by atoms with Gasteiger partial charge in [0, 0.05) is 7.05 Å². The molecule has 0 bridgehead atoms. The van der Waals surface area contributed by atoms with E-state index in [0.717, 1.165) is 28.3 Å². The minimum atomic E-state index is -4.57. The summed E-state index contributed by atoms with van der Waals surface area (Å²) in [5.74, 6) is -1.00. The third kappa shape index (κ3) is 5.48. The first-order valence-corrected chi connectivity index (χ1v) is 9.10. The van der Waals surface area contributed by atoms with Crippen LogP contribution in [0.5, 0.6) is 0 Å². The SMILES string of the molecule is CC(C)C[C@H](NC(=O)CSc1nnc(C(F)(F)F)n1C)c1ccccc1. The molecule has 0 aliphatic heterocycles. The van der Waals surface area contributed by atoms with Gasteiger partial charge in [0.25, 0.3) is 0 Å². The Morgan fingerprint density at radius 3 is 2.42 bits per heavy atom. The second-order valence-corrected chi connectivity index (χ2v) is 7.25. The highest BCUT2D eigenvalue weighted by atomic mass is 32.2. The molecule has 0 unspecified atom stereocenters. The van der Waals surface area contributed by atoms with E-state index in [2.05, 4.69) is 29.4 Å². The normalized spacial score (nSPS) is 13.0. The summed E-state index contributed by atoms with van der Waals surface area (Å²) >= 11 is 0.925. The van der Waals surface area contributed by atoms with E-state index < -0.39 is 12.0 Å². The molecule has 1 aromatic carbocycles. The first kappa shape index (κ1) is 20.3. The smallest absolute Gasteiger partial charge is 0.349 e. The molecule has 0 aliphatic rings. The second kappa shape index (κ2) is 8.57. The molecule has 9 heteroatoms. The lowest BCUT2D eigenvalue weighted by Crippen LogP contribution is -2.31. The first-order valence-electron chi connectivity index (χ1n) is 8.12. The summed E-state index contributed by atoms with van der Waals surface area (Å²) in [5, 5.41) is 9.66. The number of amides is 1. The molecule has 1 amide bonds. The number of halogens is 3. The van der Waals surface area contributed by atoms with Crippen LogP contribution in [0.25, 0.3) is 0 Å². The minimum absolute atomic E-state index is 0.0364. The van der Waals surface area contributed by atoms with Crippen LogP contribution < -0.4 is 5.32 Å². The number of hydrogen-bond donors (Lipinski definition) is 1. The molecule has 5 nitrogen and oxygen atoms in total. The molecule has 1 atom stereocenters. The van der Waals surface area contributed by atoms with Gasteiger partial charge in [0.15, 0.2) is 5.16 Å². The van der Waals surface area contributed by atoms with Crippen molar-refractivity contribution in [2.24, 2.45) is 13.0 Å². The Hall–Kier alpha value is -2.03. The Balaban J connectivity index is 2.00. The summed E-state index contributed by atoms with van der Waals surface area (Å²) < 4.78 is 39.0. The lowest BCUT2D eigenvalue weighted by molar-refractivity contribution is -0.147. The third-order valence-corrected chi connectivity index (χ3v) is 4.69. The average molecular weight is 386 g/mol. The molecular formula is C17H21F3N4OS. The highest BCUT2D eigenvalue weighted by Gasteiger charge is 2.37. The lowest BCUT2D eigenvalue weighted by atomic mass is 9.97. The molecule has 1 N–H and O–H groups in total. The Morgan fingerprint density at radius 2 is 1.88 bits per heavy atom. The highest BCUT2D eigenvalue weighted by Crippen LogP contribution is 2.29. The van der Waals surface area contributed by atoms with Gasteiger partial charge in [0.05, 0.1) is 11.8 Å². The summed E-state index contributed by atoms with van der Waals surface area (Å²) in [6.07, 6.45) is -3.80. The van der Waals surface area contributed by atoms with Crippen molar-refractivity contribution in [3.05, 3.63) is 41.7 Å². The van der Waals surface area contributed by atoms with Gasteiger partial charge in [-0.15, -0.1) is 10.2 Å². The van der Waals surface area contributed by atoms with E-state index in [0.29, 0.717) is 5.92 Å². The molecule has 0 fully saturated rings. The van der Waals surface area contributed by atoms with Crippen molar-refractivity contribution >= 4 is 17.7 Å². The van der Waals surface area contributed by atoms with Gasteiger partial charge in [-0.25, -0.2) is 0 Å². The maximum atomic E-state index is 12.7. The molecule has 142 valence electrons. The van der Waals surface area contributed by atoms with Gasteiger partial charge in [-0.3, -0.25) is 4.79 Å². The zero-order valence-corrected chi connectivity index (χ0v) is 15.6. The van der Waals surface area contributed by atoms with Crippen LogP contribution in [0.1, 0.15) is 37.7 Å². The number of benzene rings is 1. The molecule has 2 rings (SSSR count). The molecule has 2 aromatic rings. The number of thioether (sulfide) groups is 1. The van der Waals surface area contributed by atoms with Crippen LogP contribution in [0.15, 0.2) is 35.5 Å². The van der Waals surface area contributed by atoms with Gasteiger partial charge in [-0.2, -0.15) is 13.2 Å². The Labute approximate surface area is 154 Å². The van der Waals surface area contributed by atoms with Crippen LogP contribution in [-0.2, 0) is 18.0 Å². The predicted molar refractivity (Wildman–Crippen MR) is 93.5 cm³/mol. The zero-order valence-electron chi connectivity index (χ0n) is 14.7. The summed E-state index contributed by atoms with van der Waals surface area (Å²) in [6.45, 7) is 4.13. The van der Waals surface area contributed by atoms with E-state index in [9.17, 15) is 18.0 Å². The maximum absolute atomic E-state index is 12.7. The molecule has 0 saturated carbocycles. The Morgan fingerprint density at radius 1 is 1.23 bits per heavy atom. The van der Waals surface area contributed by atoms with Crippen molar-refractivity contribution in [2.45, 2.75) is 37.6 Å². The molecule has 0 radical (unpaired) electrons. The number of hydrogen-bond acceptors (Lipinski definition) is 4.